The van der Waals surface area contributed by atoms with Crippen molar-refractivity contribution >= 4 is 22.0 Å². The van der Waals surface area contributed by atoms with Crippen molar-refractivity contribution < 1.29 is 13.7 Å². The van der Waals surface area contributed by atoms with Crippen molar-refractivity contribution in [3.8, 4) is 22.9 Å². The molecule has 0 aliphatic heterocycles. The lowest BCUT2D eigenvalue weighted by atomic mass is 10.2. The van der Waals surface area contributed by atoms with Gasteiger partial charge in [0, 0.05) is 17.2 Å². The van der Waals surface area contributed by atoms with Gasteiger partial charge in [0.05, 0.1) is 34.7 Å². The maximum Gasteiger partial charge on any atom is 0.178 e. The molecule has 29 heavy (non-hydrogen) atoms. The number of nitrogens with zero attached hydrogens (tertiary/aromatic N) is 2. The predicted octanol–water partition coefficient (Wildman–Crippen LogP) is 4.13. The van der Waals surface area contributed by atoms with Crippen LogP contribution in [0.5, 0.6) is 11.5 Å². The molecule has 0 saturated carbocycles. The second kappa shape index (κ2) is 8.45. The first kappa shape index (κ1) is 19.1. The van der Waals surface area contributed by atoms with Crippen molar-refractivity contribution in [2.75, 3.05) is 19.5 Å². The number of rotatable bonds is 7. The number of pyridine rings is 1. The van der Waals surface area contributed by atoms with Crippen LogP contribution in [0.1, 0.15) is 5.56 Å². The maximum absolute atomic E-state index is 12.5. The third-order valence-electron chi connectivity index (χ3n) is 4.51. The van der Waals surface area contributed by atoms with Crippen LogP contribution in [0, 0.1) is 6.92 Å². The predicted molar refractivity (Wildman–Crippen MR) is 114 cm³/mol. The Bertz CT molecular complexity index is 1120. The second-order valence-electron chi connectivity index (χ2n) is 6.53. The highest BCUT2D eigenvalue weighted by atomic mass is 32.2. The Balaban J connectivity index is 1.54. The minimum absolute atomic E-state index is 0.305. The Kier molecular flexibility index (Phi) is 5.57. The van der Waals surface area contributed by atoms with Gasteiger partial charge < -0.3 is 14.5 Å². The number of imidazole rings is 1. The second-order valence-corrected chi connectivity index (χ2v) is 8.10. The minimum Gasteiger partial charge on any atom is -0.497 e. The van der Waals surface area contributed by atoms with E-state index < -0.39 is 10.8 Å². The summed E-state index contributed by atoms with van der Waals surface area (Å²) in [7, 11) is 0.482. The zero-order valence-electron chi connectivity index (χ0n) is 16.2. The van der Waals surface area contributed by atoms with E-state index in [9.17, 15) is 4.21 Å². The summed E-state index contributed by atoms with van der Waals surface area (Å²) in [5.41, 5.74) is 3.43. The molecule has 0 fully saturated rings. The number of nitrogens with one attached hydrogen (secondary N) is 1. The standard InChI is InChI=1S/C22H21N3O3S/c1-15-5-8-17(9-6-15)29(26)13-12-28-20-14-16(27-2)7-10-18(20)21-24-19-4-3-11-23-22(19)25-21/h3-11,14H,12-13H2,1-2H3,(H,23,24,25). The molecule has 2 aromatic heterocycles. The zero-order chi connectivity index (χ0) is 20.2. The first-order valence-corrected chi connectivity index (χ1v) is 10.5. The molecule has 2 aromatic carbocycles. The number of hydrogen-bond acceptors (Lipinski definition) is 5. The molecule has 0 aliphatic rings. The van der Waals surface area contributed by atoms with Gasteiger partial charge in [-0.15, -0.1) is 0 Å². The maximum atomic E-state index is 12.5. The Hall–Kier alpha value is -3.19. The molecule has 148 valence electrons. The molecule has 1 N–H and O–H groups in total. The summed E-state index contributed by atoms with van der Waals surface area (Å²) in [4.78, 5) is 12.9. The van der Waals surface area contributed by atoms with E-state index in [0.29, 0.717) is 35.3 Å². The van der Waals surface area contributed by atoms with E-state index in [4.69, 9.17) is 9.47 Å². The van der Waals surface area contributed by atoms with E-state index in [1.807, 2.05) is 61.5 Å². The van der Waals surface area contributed by atoms with Crippen molar-refractivity contribution in [2.45, 2.75) is 11.8 Å². The van der Waals surface area contributed by atoms with Crippen LogP contribution in [-0.2, 0) is 10.8 Å². The summed E-state index contributed by atoms with van der Waals surface area (Å²) in [5.74, 6) is 2.35. The Morgan fingerprint density at radius 1 is 1.10 bits per heavy atom. The van der Waals surface area contributed by atoms with E-state index in [2.05, 4.69) is 15.0 Å². The highest BCUT2D eigenvalue weighted by Gasteiger charge is 2.14. The number of ether oxygens (including phenoxy) is 2. The zero-order valence-corrected chi connectivity index (χ0v) is 17.0. The third-order valence-corrected chi connectivity index (χ3v) is 5.85. The molecule has 0 amide bonds. The minimum atomic E-state index is -1.13. The smallest absolute Gasteiger partial charge is 0.178 e. The van der Waals surface area contributed by atoms with Gasteiger partial charge in [-0.25, -0.2) is 9.97 Å². The molecule has 0 radical (unpaired) electrons. The average molecular weight is 407 g/mol. The lowest BCUT2D eigenvalue weighted by molar-refractivity contribution is 0.339. The number of aromatic amines is 1. The van der Waals surface area contributed by atoms with Crippen LogP contribution in [0.3, 0.4) is 0 Å². The Labute approximate surface area is 171 Å². The molecular weight excluding hydrogens is 386 g/mol. The Morgan fingerprint density at radius 2 is 1.93 bits per heavy atom. The highest BCUT2D eigenvalue weighted by Crippen LogP contribution is 2.32. The average Bonchev–Trinajstić information content (AvgIpc) is 3.18. The number of aromatic nitrogens is 3. The molecule has 0 saturated heterocycles. The van der Waals surface area contributed by atoms with Crippen LogP contribution >= 0.6 is 0 Å². The number of hydrogen-bond donors (Lipinski definition) is 1. The fourth-order valence-corrected chi connectivity index (χ4v) is 3.86. The van der Waals surface area contributed by atoms with Crippen LogP contribution in [0.4, 0.5) is 0 Å². The van der Waals surface area contributed by atoms with Gasteiger partial charge in [-0.2, -0.15) is 0 Å². The van der Waals surface area contributed by atoms with Crippen molar-refractivity contribution in [1.82, 2.24) is 15.0 Å². The highest BCUT2D eigenvalue weighted by molar-refractivity contribution is 7.85. The van der Waals surface area contributed by atoms with E-state index in [1.54, 1.807) is 13.3 Å². The number of fused-ring (bicyclic) bond motifs is 1. The first-order valence-electron chi connectivity index (χ1n) is 9.21. The van der Waals surface area contributed by atoms with E-state index >= 15 is 0 Å². The van der Waals surface area contributed by atoms with Gasteiger partial charge in [0.25, 0.3) is 0 Å². The van der Waals surface area contributed by atoms with Crippen molar-refractivity contribution in [3.63, 3.8) is 0 Å². The van der Waals surface area contributed by atoms with Crippen LogP contribution < -0.4 is 9.47 Å². The van der Waals surface area contributed by atoms with E-state index in [-0.39, 0.29) is 0 Å². The third kappa shape index (κ3) is 4.30. The van der Waals surface area contributed by atoms with Crippen LogP contribution in [0.25, 0.3) is 22.6 Å². The molecule has 2 heterocycles. The van der Waals surface area contributed by atoms with E-state index in [0.717, 1.165) is 21.5 Å². The molecule has 0 spiro atoms. The quantitative estimate of drug-likeness (QED) is 0.498. The molecule has 4 aromatic rings. The molecule has 6 nitrogen and oxygen atoms in total. The summed E-state index contributed by atoms with van der Waals surface area (Å²) in [6, 6.07) is 17.0. The molecule has 0 bridgehead atoms. The van der Waals surface area contributed by atoms with E-state index in [1.165, 1.54) is 0 Å². The monoisotopic (exact) mass is 407 g/mol. The number of methoxy groups -OCH3 is 1. The fourth-order valence-electron chi connectivity index (χ4n) is 2.95. The molecule has 4 rings (SSSR count). The lowest BCUT2D eigenvalue weighted by Crippen LogP contribution is -2.09. The van der Waals surface area contributed by atoms with Gasteiger partial charge in [-0.1, -0.05) is 17.7 Å². The van der Waals surface area contributed by atoms with Crippen LogP contribution in [0.15, 0.2) is 65.7 Å². The summed E-state index contributed by atoms with van der Waals surface area (Å²) < 4.78 is 23.8. The van der Waals surface area contributed by atoms with Crippen molar-refractivity contribution in [2.24, 2.45) is 0 Å². The van der Waals surface area contributed by atoms with Crippen molar-refractivity contribution in [1.29, 1.82) is 0 Å². The molecule has 7 heteroatoms. The largest absolute Gasteiger partial charge is 0.497 e. The lowest BCUT2D eigenvalue weighted by Gasteiger charge is -2.12. The van der Waals surface area contributed by atoms with Gasteiger partial charge >= 0.3 is 0 Å². The van der Waals surface area contributed by atoms with Crippen LogP contribution in [-0.4, -0.2) is 38.6 Å². The number of aryl methyl sites for hydroxylation is 1. The van der Waals surface area contributed by atoms with Gasteiger partial charge in [-0.3, -0.25) is 4.21 Å². The SMILES string of the molecule is COc1ccc(-c2nc3ncccc3[nH]2)c(OCCS(=O)c2ccc(C)cc2)c1. The number of benzene rings is 2. The van der Waals surface area contributed by atoms with Crippen LogP contribution in [0.2, 0.25) is 0 Å². The summed E-state index contributed by atoms with van der Waals surface area (Å²) in [6.45, 7) is 2.31. The van der Waals surface area contributed by atoms with Gasteiger partial charge in [0.15, 0.2) is 5.65 Å². The molecule has 1 unspecified atom stereocenters. The molecule has 1 atom stereocenters. The van der Waals surface area contributed by atoms with Crippen molar-refractivity contribution in [3.05, 3.63) is 66.4 Å². The first-order chi connectivity index (χ1) is 14.1. The summed E-state index contributed by atoms with van der Waals surface area (Å²) >= 11 is 0. The van der Waals surface area contributed by atoms with Gasteiger partial charge in [0.2, 0.25) is 0 Å². The normalized spacial score (nSPS) is 12.1. The fraction of sp³-hybridized carbons (Fsp3) is 0.182. The molecule has 0 aliphatic carbocycles. The number of H-pyrrole nitrogens is 1. The Morgan fingerprint density at radius 3 is 2.69 bits per heavy atom. The van der Waals surface area contributed by atoms with Gasteiger partial charge in [0.1, 0.15) is 23.9 Å². The summed E-state index contributed by atoms with van der Waals surface area (Å²) in [5, 5.41) is 0. The topological polar surface area (TPSA) is 77.1 Å². The van der Waals surface area contributed by atoms with Gasteiger partial charge in [-0.05, 0) is 43.3 Å². The summed E-state index contributed by atoms with van der Waals surface area (Å²) in [6.07, 6.45) is 1.71. The molecular formula is C22H21N3O3S.